The van der Waals surface area contributed by atoms with Crippen molar-refractivity contribution in [1.29, 1.82) is 0 Å². The molecule has 168 valence electrons. The van der Waals surface area contributed by atoms with Crippen LogP contribution in [0.15, 0.2) is 48.5 Å². The highest BCUT2D eigenvalue weighted by atomic mass is 16.5. The molecule has 2 aromatic carbocycles. The SMILES string of the molecule is CCCCOc1cccc(NCC(=O)Nc2ccc(C(=O)N(CCC)CCC)cc2)c1. The number of benzene rings is 2. The van der Waals surface area contributed by atoms with Gasteiger partial charge >= 0.3 is 0 Å². The molecule has 0 aromatic heterocycles. The van der Waals surface area contributed by atoms with Crippen LogP contribution < -0.4 is 15.4 Å². The third-order valence-electron chi connectivity index (χ3n) is 4.74. The molecule has 0 aliphatic heterocycles. The average molecular weight is 426 g/mol. The van der Waals surface area contributed by atoms with Crippen LogP contribution in [0.25, 0.3) is 0 Å². The Kier molecular flexibility index (Phi) is 10.4. The Morgan fingerprint density at radius 3 is 2.26 bits per heavy atom. The van der Waals surface area contributed by atoms with Gasteiger partial charge in [-0.2, -0.15) is 0 Å². The van der Waals surface area contributed by atoms with E-state index in [4.69, 9.17) is 4.74 Å². The summed E-state index contributed by atoms with van der Waals surface area (Å²) in [5, 5.41) is 5.97. The zero-order chi connectivity index (χ0) is 22.5. The van der Waals surface area contributed by atoms with E-state index < -0.39 is 0 Å². The molecule has 0 atom stereocenters. The van der Waals surface area contributed by atoms with Crippen molar-refractivity contribution >= 4 is 23.2 Å². The van der Waals surface area contributed by atoms with Crippen LogP contribution in [0.5, 0.6) is 5.75 Å². The van der Waals surface area contributed by atoms with E-state index in [2.05, 4.69) is 31.4 Å². The largest absolute Gasteiger partial charge is 0.494 e. The fourth-order valence-electron chi connectivity index (χ4n) is 3.15. The predicted molar refractivity (Wildman–Crippen MR) is 127 cm³/mol. The number of rotatable bonds is 13. The monoisotopic (exact) mass is 425 g/mol. The van der Waals surface area contributed by atoms with Crippen molar-refractivity contribution in [2.45, 2.75) is 46.5 Å². The minimum absolute atomic E-state index is 0.0317. The van der Waals surface area contributed by atoms with Crippen LogP contribution in [0.3, 0.4) is 0 Å². The summed E-state index contributed by atoms with van der Waals surface area (Å²) in [4.78, 5) is 26.8. The van der Waals surface area contributed by atoms with Gasteiger partial charge in [0.25, 0.3) is 5.91 Å². The van der Waals surface area contributed by atoms with Gasteiger partial charge in [0, 0.05) is 36.1 Å². The molecule has 2 aromatic rings. The molecule has 2 N–H and O–H groups in total. The van der Waals surface area contributed by atoms with E-state index in [-0.39, 0.29) is 18.4 Å². The van der Waals surface area contributed by atoms with Crippen molar-refractivity contribution in [2.24, 2.45) is 0 Å². The second-order valence-corrected chi connectivity index (χ2v) is 7.50. The molecule has 0 aliphatic carbocycles. The highest BCUT2D eigenvalue weighted by Gasteiger charge is 2.14. The summed E-state index contributed by atoms with van der Waals surface area (Å²) < 4.78 is 5.70. The Morgan fingerprint density at radius 1 is 0.903 bits per heavy atom. The van der Waals surface area contributed by atoms with Crippen molar-refractivity contribution in [3.8, 4) is 5.75 Å². The minimum Gasteiger partial charge on any atom is -0.494 e. The van der Waals surface area contributed by atoms with E-state index in [0.717, 1.165) is 50.2 Å². The van der Waals surface area contributed by atoms with Crippen LogP contribution >= 0.6 is 0 Å². The van der Waals surface area contributed by atoms with Gasteiger partial charge in [-0.05, 0) is 55.7 Å². The molecule has 6 heteroatoms. The normalized spacial score (nSPS) is 10.4. The molecule has 31 heavy (non-hydrogen) atoms. The van der Waals surface area contributed by atoms with Crippen LogP contribution in [0, 0.1) is 0 Å². The summed E-state index contributed by atoms with van der Waals surface area (Å²) in [6.07, 6.45) is 3.96. The van der Waals surface area contributed by atoms with E-state index in [1.165, 1.54) is 0 Å². The number of carbonyl (C=O) groups excluding carboxylic acids is 2. The number of hydrogen-bond acceptors (Lipinski definition) is 4. The van der Waals surface area contributed by atoms with E-state index in [0.29, 0.717) is 17.9 Å². The zero-order valence-electron chi connectivity index (χ0n) is 18.9. The fraction of sp³-hybridized carbons (Fsp3) is 0.440. The number of amides is 2. The van der Waals surface area contributed by atoms with Crippen molar-refractivity contribution < 1.29 is 14.3 Å². The summed E-state index contributed by atoms with van der Waals surface area (Å²) in [6.45, 7) is 8.59. The van der Waals surface area contributed by atoms with Gasteiger partial charge in [-0.25, -0.2) is 0 Å². The van der Waals surface area contributed by atoms with Crippen LogP contribution in [0.1, 0.15) is 56.8 Å². The van der Waals surface area contributed by atoms with Gasteiger partial charge in [0.15, 0.2) is 0 Å². The smallest absolute Gasteiger partial charge is 0.253 e. The molecule has 0 saturated heterocycles. The van der Waals surface area contributed by atoms with Gasteiger partial charge in [-0.1, -0.05) is 33.3 Å². The molecule has 0 heterocycles. The Hall–Kier alpha value is -3.02. The summed E-state index contributed by atoms with van der Waals surface area (Å²) >= 11 is 0. The topological polar surface area (TPSA) is 70.7 Å². The molecule has 0 aliphatic rings. The first-order chi connectivity index (χ1) is 15.1. The lowest BCUT2D eigenvalue weighted by molar-refractivity contribution is -0.114. The third-order valence-corrected chi connectivity index (χ3v) is 4.74. The van der Waals surface area contributed by atoms with E-state index in [9.17, 15) is 9.59 Å². The maximum absolute atomic E-state index is 12.6. The highest BCUT2D eigenvalue weighted by Crippen LogP contribution is 2.18. The second-order valence-electron chi connectivity index (χ2n) is 7.50. The molecule has 2 rings (SSSR count). The molecule has 0 saturated carbocycles. The van der Waals surface area contributed by atoms with Crippen LogP contribution in [-0.4, -0.2) is 43.0 Å². The first-order valence-electron chi connectivity index (χ1n) is 11.2. The van der Waals surface area contributed by atoms with E-state index in [1.807, 2.05) is 29.2 Å². The van der Waals surface area contributed by atoms with Crippen molar-refractivity contribution in [1.82, 2.24) is 4.90 Å². The molecule has 0 radical (unpaired) electrons. The van der Waals surface area contributed by atoms with Crippen molar-refractivity contribution in [3.05, 3.63) is 54.1 Å². The quantitative estimate of drug-likeness (QED) is 0.434. The number of anilines is 2. The average Bonchev–Trinajstić information content (AvgIpc) is 2.78. The summed E-state index contributed by atoms with van der Waals surface area (Å²) in [6, 6.07) is 14.7. The number of nitrogens with one attached hydrogen (secondary N) is 2. The van der Waals surface area contributed by atoms with E-state index >= 15 is 0 Å². The standard InChI is InChI=1S/C25H35N3O3/c1-4-7-17-31-23-10-8-9-22(18-23)26-19-24(29)27-21-13-11-20(12-14-21)25(30)28(15-5-2)16-6-3/h8-14,18,26H,4-7,15-17,19H2,1-3H3,(H,27,29). The summed E-state index contributed by atoms with van der Waals surface area (Å²) in [5.74, 6) is 0.665. The second kappa shape index (κ2) is 13.3. The minimum atomic E-state index is -0.157. The van der Waals surface area contributed by atoms with Crippen LogP contribution in [-0.2, 0) is 4.79 Å². The third kappa shape index (κ3) is 8.32. The first-order valence-corrected chi connectivity index (χ1v) is 11.2. The number of ether oxygens (including phenoxy) is 1. The van der Waals surface area contributed by atoms with Gasteiger partial charge in [-0.15, -0.1) is 0 Å². The van der Waals surface area contributed by atoms with Gasteiger partial charge < -0.3 is 20.3 Å². The molecule has 2 amide bonds. The molecule has 6 nitrogen and oxygen atoms in total. The molecule has 0 unspecified atom stereocenters. The summed E-state index contributed by atoms with van der Waals surface area (Å²) in [5.41, 5.74) is 2.13. The lowest BCUT2D eigenvalue weighted by Gasteiger charge is -2.21. The van der Waals surface area contributed by atoms with Crippen molar-refractivity contribution in [3.63, 3.8) is 0 Å². The Labute approximate surface area is 186 Å². The lowest BCUT2D eigenvalue weighted by Crippen LogP contribution is -2.32. The number of nitrogens with zero attached hydrogens (tertiary/aromatic N) is 1. The van der Waals surface area contributed by atoms with Crippen LogP contribution in [0.2, 0.25) is 0 Å². The van der Waals surface area contributed by atoms with Crippen LogP contribution in [0.4, 0.5) is 11.4 Å². The Bertz CT molecular complexity index is 815. The first kappa shape index (κ1) is 24.3. The summed E-state index contributed by atoms with van der Waals surface area (Å²) in [7, 11) is 0. The molecule has 0 spiro atoms. The fourth-order valence-corrected chi connectivity index (χ4v) is 3.15. The number of hydrogen-bond donors (Lipinski definition) is 2. The van der Waals surface area contributed by atoms with Gasteiger partial charge in [0.2, 0.25) is 5.91 Å². The van der Waals surface area contributed by atoms with Crippen molar-refractivity contribution in [2.75, 3.05) is 36.9 Å². The Balaban J connectivity index is 1.86. The molecular weight excluding hydrogens is 390 g/mol. The zero-order valence-corrected chi connectivity index (χ0v) is 18.9. The van der Waals surface area contributed by atoms with Gasteiger partial charge in [-0.3, -0.25) is 9.59 Å². The lowest BCUT2D eigenvalue weighted by atomic mass is 10.1. The van der Waals surface area contributed by atoms with Gasteiger partial charge in [0.05, 0.1) is 13.2 Å². The highest BCUT2D eigenvalue weighted by molar-refractivity contribution is 5.96. The molecule has 0 fully saturated rings. The van der Waals surface area contributed by atoms with E-state index in [1.54, 1.807) is 24.3 Å². The maximum atomic E-state index is 12.6. The number of carbonyl (C=O) groups is 2. The number of unbranched alkanes of at least 4 members (excludes halogenated alkanes) is 1. The maximum Gasteiger partial charge on any atom is 0.253 e. The van der Waals surface area contributed by atoms with Gasteiger partial charge in [0.1, 0.15) is 5.75 Å². The predicted octanol–water partition coefficient (Wildman–Crippen LogP) is 5.18. The Morgan fingerprint density at radius 2 is 1.61 bits per heavy atom. The molecule has 0 bridgehead atoms. The molecular formula is C25H35N3O3.